The quantitative estimate of drug-likeness (QED) is 0.0412. The van der Waals surface area contributed by atoms with E-state index >= 15 is 0 Å². The average Bonchev–Trinajstić information content (AvgIpc) is 3.02. The summed E-state index contributed by atoms with van der Waals surface area (Å²) in [6, 6.07) is 16.0. The smallest absolute Gasteiger partial charge is 0.392 e. The normalized spacial score (nSPS) is 11.8. The Balaban J connectivity index is 1.54. The maximum atomic E-state index is 12.7. The number of ether oxygens (including phenoxy) is 3. The molecule has 9 heteroatoms. The maximum Gasteiger partial charge on any atom is 0.392 e. The summed E-state index contributed by atoms with van der Waals surface area (Å²) in [5.41, 5.74) is 3.92. The van der Waals surface area contributed by atoms with Gasteiger partial charge in [-0.15, -0.1) is 0 Å². The fraction of sp³-hybridized carbons (Fsp3) is 0.568. The molecule has 0 aromatic heterocycles. The van der Waals surface area contributed by atoms with Crippen LogP contribution in [0.3, 0.4) is 0 Å². The van der Waals surface area contributed by atoms with E-state index in [-0.39, 0.29) is 6.61 Å². The largest absolute Gasteiger partial charge is 0.460 e. The fourth-order valence-electron chi connectivity index (χ4n) is 5.08. The molecule has 0 aliphatic rings. The van der Waals surface area contributed by atoms with Gasteiger partial charge in [-0.05, 0) is 54.0 Å². The molecule has 0 radical (unpaired) electrons. The molecule has 0 bridgehead atoms. The Kier molecular flexibility index (Phi) is 17.7. The summed E-state index contributed by atoms with van der Waals surface area (Å²) in [6.07, 6.45) is 12.0. The minimum absolute atomic E-state index is 0.161. The zero-order valence-electron chi connectivity index (χ0n) is 28.3. The number of benzene rings is 2. The standard InChI is InChI=1S/C37H52O9/c1-6-28(2)26-33-27-32(22-23-34(33)31-20-16-15-17-21-31)35(40)46-43-25-19-14-12-10-8-7-9-11-13-18-24-42-36(41)37(5,44-29(3)38)45-30(4)39/h15-17,20-23,27-28H,6-14,18-19,24-26H2,1-5H3. The van der Waals surface area contributed by atoms with Gasteiger partial charge in [-0.1, -0.05) is 108 Å². The van der Waals surface area contributed by atoms with Gasteiger partial charge in [0.25, 0.3) is 0 Å². The van der Waals surface area contributed by atoms with Crippen molar-refractivity contribution in [2.45, 2.75) is 117 Å². The van der Waals surface area contributed by atoms with E-state index in [1.807, 2.05) is 30.3 Å². The number of esters is 3. The summed E-state index contributed by atoms with van der Waals surface area (Å²) >= 11 is 0. The number of carbonyl (C=O) groups is 4. The molecule has 0 saturated carbocycles. The van der Waals surface area contributed by atoms with Gasteiger partial charge in [-0.3, -0.25) is 14.5 Å². The van der Waals surface area contributed by atoms with Crippen molar-refractivity contribution in [1.29, 1.82) is 0 Å². The van der Waals surface area contributed by atoms with Crippen LogP contribution in [0.15, 0.2) is 48.5 Å². The van der Waals surface area contributed by atoms with Crippen molar-refractivity contribution in [2.75, 3.05) is 13.2 Å². The van der Waals surface area contributed by atoms with Crippen molar-refractivity contribution in [1.82, 2.24) is 0 Å². The second-order valence-corrected chi connectivity index (χ2v) is 12.0. The van der Waals surface area contributed by atoms with Crippen LogP contribution in [-0.4, -0.2) is 42.9 Å². The lowest BCUT2D eigenvalue weighted by molar-refractivity contribution is -0.241. The third-order valence-corrected chi connectivity index (χ3v) is 7.73. The van der Waals surface area contributed by atoms with E-state index in [1.54, 1.807) is 6.07 Å². The van der Waals surface area contributed by atoms with Crippen molar-refractivity contribution in [3.05, 3.63) is 59.7 Å². The first kappa shape index (κ1) is 38.5. The highest BCUT2D eigenvalue weighted by molar-refractivity contribution is 5.90. The van der Waals surface area contributed by atoms with E-state index in [0.717, 1.165) is 101 Å². The molecule has 0 aliphatic heterocycles. The van der Waals surface area contributed by atoms with Gasteiger partial charge in [0.2, 0.25) is 0 Å². The zero-order valence-corrected chi connectivity index (χ0v) is 28.3. The van der Waals surface area contributed by atoms with Crippen LogP contribution in [0.5, 0.6) is 0 Å². The minimum Gasteiger partial charge on any atom is -0.460 e. The lowest BCUT2D eigenvalue weighted by Crippen LogP contribution is -2.45. The molecule has 2 aromatic carbocycles. The first-order valence-corrected chi connectivity index (χ1v) is 16.6. The predicted molar refractivity (Wildman–Crippen MR) is 175 cm³/mol. The van der Waals surface area contributed by atoms with Crippen LogP contribution in [0.4, 0.5) is 0 Å². The van der Waals surface area contributed by atoms with Crippen molar-refractivity contribution in [3.8, 4) is 11.1 Å². The van der Waals surface area contributed by atoms with Crippen LogP contribution in [0.25, 0.3) is 11.1 Å². The SMILES string of the molecule is CCC(C)Cc1cc(C(=O)OOCCCCCCCCCCCCOC(=O)C(C)(OC(C)=O)OC(C)=O)ccc1-c1ccccc1. The monoisotopic (exact) mass is 640 g/mol. The fourth-order valence-corrected chi connectivity index (χ4v) is 5.08. The first-order chi connectivity index (χ1) is 22.1. The van der Waals surface area contributed by atoms with E-state index in [2.05, 4.69) is 26.0 Å². The molecule has 254 valence electrons. The predicted octanol–water partition coefficient (Wildman–Crippen LogP) is 8.32. The Bertz CT molecular complexity index is 1210. The number of rotatable bonds is 22. The highest BCUT2D eigenvalue weighted by Gasteiger charge is 2.42. The molecule has 9 nitrogen and oxygen atoms in total. The highest BCUT2D eigenvalue weighted by atomic mass is 17.2. The van der Waals surface area contributed by atoms with Gasteiger partial charge in [0.1, 0.15) is 0 Å². The van der Waals surface area contributed by atoms with Gasteiger partial charge in [0.05, 0.1) is 18.8 Å². The van der Waals surface area contributed by atoms with E-state index < -0.39 is 29.7 Å². The van der Waals surface area contributed by atoms with Gasteiger partial charge in [-0.25, -0.2) is 9.59 Å². The number of hydrogen-bond acceptors (Lipinski definition) is 9. The van der Waals surface area contributed by atoms with Crippen LogP contribution in [0.1, 0.15) is 121 Å². The van der Waals surface area contributed by atoms with Crippen molar-refractivity contribution in [3.63, 3.8) is 0 Å². The summed E-state index contributed by atoms with van der Waals surface area (Å²) in [6.45, 7) is 8.37. The third-order valence-electron chi connectivity index (χ3n) is 7.73. The Morgan fingerprint density at radius 2 is 1.28 bits per heavy atom. The molecule has 0 aliphatic carbocycles. The molecule has 2 aromatic rings. The van der Waals surface area contributed by atoms with Gasteiger partial charge < -0.3 is 14.2 Å². The third kappa shape index (κ3) is 14.6. The molecule has 0 N–H and O–H groups in total. The zero-order chi connectivity index (χ0) is 33.8. The second kappa shape index (κ2) is 21.1. The molecular weight excluding hydrogens is 588 g/mol. The molecule has 1 unspecified atom stereocenters. The Hall–Kier alpha value is -3.72. The van der Waals surface area contributed by atoms with E-state index in [0.29, 0.717) is 24.5 Å². The van der Waals surface area contributed by atoms with Gasteiger partial charge in [0, 0.05) is 20.8 Å². The molecule has 0 spiro atoms. The summed E-state index contributed by atoms with van der Waals surface area (Å²) < 4.78 is 14.9. The number of hydrogen-bond donors (Lipinski definition) is 0. The van der Waals surface area contributed by atoms with Crippen LogP contribution in [0.2, 0.25) is 0 Å². The van der Waals surface area contributed by atoms with E-state index in [4.69, 9.17) is 24.0 Å². The van der Waals surface area contributed by atoms with Gasteiger partial charge in [-0.2, -0.15) is 4.89 Å². The Morgan fingerprint density at radius 3 is 1.83 bits per heavy atom. The summed E-state index contributed by atoms with van der Waals surface area (Å²) in [7, 11) is 0. The maximum absolute atomic E-state index is 12.7. The topological polar surface area (TPSA) is 114 Å². The Morgan fingerprint density at radius 1 is 0.739 bits per heavy atom. The number of unbranched alkanes of at least 4 members (excludes halogenated alkanes) is 9. The van der Waals surface area contributed by atoms with Crippen molar-refractivity contribution < 1.29 is 43.2 Å². The van der Waals surface area contributed by atoms with Gasteiger partial charge >= 0.3 is 29.7 Å². The lowest BCUT2D eigenvalue weighted by atomic mass is 9.90. The van der Waals surface area contributed by atoms with Crippen LogP contribution >= 0.6 is 0 Å². The highest BCUT2D eigenvalue weighted by Crippen LogP contribution is 2.28. The molecule has 0 fully saturated rings. The Labute approximate surface area is 274 Å². The van der Waals surface area contributed by atoms with E-state index in [1.165, 1.54) is 6.92 Å². The molecule has 0 amide bonds. The van der Waals surface area contributed by atoms with Gasteiger partial charge in [0.15, 0.2) is 0 Å². The summed E-state index contributed by atoms with van der Waals surface area (Å²) in [5, 5.41) is 0. The molecule has 2 rings (SSSR count). The van der Waals surface area contributed by atoms with E-state index in [9.17, 15) is 19.2 Å². The first-order valence-electron chi connectivity index (χ1n) is 16.6. The molecule has 46 heavy (non-hydrogen) atoms. The molecule has 0 saturated heterocycles. The second-order valence-electron chi connectivity index (χ2n) is 12.0. The molecule has 0 heterocycles. The van der Waals surface area contributed by atoms with Crippen molar-refractivity contribution >= 4 is 23.9 Å². The molecular formula is C37H52O9. The van der Waals surface area contributed by atoms with Crippen LogP contribution in [-0.2, 0) is 44.8 Å². The number of carbonyl (C=O) groups excluding carboxylic acids is 4. The lowest BCUT2D eigenvalue weighted by Gasteiger charge is -2.25. The average molecular weight is 641 g/mol. The minimum atomic E-state index is -2.07. The summed E-state index contributed by atoms with van der Waals surface area (Å²) in [4.78, 5) is 57.7. The summed E-state index contributed by atoms with van der Waals surface area (Å²) in [5.74, 6) is -4.43. The molecule has 1 atom stereocenters. The van der Waals surface area contributed by atoms with Crippen LogP contribution in [0, 0.1) is 5.92 Å². The van der Waals surface area contributed by atoms with Crippen molar-refractivity contribution in [2.24, 2.45) is 5.92 Å². The van der Waals surface area contributed by atoms with Crippen LogP contribution < -0.4 is 0 Å².